The number of aldehydes is 1. The molecule has 4 amide bonds. The molecule has 0 aliphatic carbocycles. The fraction of sp³-hybridized carbons (Fsp3) is 0.500. The van der Waals surface area contributed by atoms with Gasteiger partial charge in [0.2, 0.25) is 0 Å². The average molecular weight is 432 g/mol. The van der Waals surface area contributed by atoms with E-state index in [1.54, 1.807) is 39.0 Å². The first kappa shape index (κ1) is 24.2. The largest absolute Gasteiger partial charge is 0.481 e. The van der Waals surface area contributed by atoms with Gasteiger partial charge in [0.15, 0.2) is 0 Å². The van der Waals surface area contributed by atoms with Gasteiger partial charge in [0, 0.05) is 18.4 Å². The lowest BCUT2D eigenvalue weighted by Crippen LogP contribution is -2.66. The van der Waals surface area contributed by atoms with Crippen LogP contribution in [0.3, 0.4) is 0 Å². The number of quaternary nitrogens is 1. The summed E-state index contributed by atoms with van der Waals surface area (Å²) < 4.78 is -0.569. The topological polar surface area (TPSA) is 130 Å². The van der Waals surface area contributed by atoms with Gasteiger partial charge in [-0.15, -0.1) is 0 Å². The number of nitrogens with one attached hydrogen (secondary N) is 2. The second-order valence-electron chi connectivity index (χ2n) is 8.26. The SMILES string of the molecule is Cc1ccccc1C(=O)N[C@H](C(=O)[N+]1(C(=O)N[C@H](C=O)CC(=O)O)CCCC1)C(C)C. The summed E-state index contributed by atoms with van der Waals surface area (Å²) >= 11 is 0. The smallest absolute Gasteiger partial charge is 0.424 e. The molecule has 1 aliphatic heterocycles. The van der Waals surface area contributed by atoms with Crippen molar-refractivity contribution in [1.82, 2.24) is 10.6 Å². The molecule has 0 spiro atoms. The van der Waals surface area contributed by atoms with Gasteiger partial charge in [-0.25, -0.2) is 9.59 Å². The van der Waals surface area contributed by atoms with Crippen LogP contribution in [0, 0.1) is 12.8 Å². The van der Waals surface area contributed by atoms with Crippen LogP contribution in [0.4, 0.5) is 4.79 Å². The van der Waals surface area contributed by atoms with E-state index < -0.39 is 46.8 Å². The van der Waals surface area contributed by atoms with Crippen LogP contribution in [-0.4, -0.2) is 64.9 Å². The zero-order valence-electron chi connectivity index (χ0n) is 18.1. The van der Waals surface area contributed by atoms with Crippen LogP contribution in [0.1, 0.15) is 49.0 Å². The molecule has 3 N–H and O–H groups in total. The number of carboxylic acid groups (broad SMARTS) is 1. The number of amides is 4. The Balaban J connectivity index is 2.28. The molecule has 0 saturated carbocycles. The van der Waals surface area contributed by atoms with Gasteiger partial charge in [-0.2, -0.15) is 4.48 Å². The Morgan fingerprint density at radius 1 is 1.10 bits per heavy atom. The van der Waals surface area contributed by atoms with E-state index >= 15 is 0 Å². The lowest BCUT2D eigenvalue weighted by Gasteiger charge is -2.33. The van der Waals surface area contributed by atoms with Gasteiger partial charge in [-0.3, -0.25) is 14.9 Å². The van der Waals surface area contributed by atoms with E-state index in [9.17, 15) is 24.0 Å². The summed E-state index contributed by atoms with van der Waals surface area (Å²) in [6.07, 6.45) is 1.03. The molecule has 0 unspecified atom stereocenters. The highest BCUT2D eigenvalue weighted by Crippen LogP contribution is 2.24. The zero-order chi connectivity index (χ0) is 23.2. The molecule has 1 aliphatic rings. The Labute approximate surface area is 181 Å². The molecule has 31 heavy (non-hydrogen) atoms. The Hall–Kier alpha value is -3.07. The van der Waals surface area contributed by atoms with Gasteiger partial charge in [-0.05, 0) is 24.5 Å². The number of rotatable bonds is 8. The first-order valence-corrected chi connectivity index (χ1v) is 10.4. The summed E-state index contributed by atoms with van der Waals surface area (Å²) in [5.74, 6) is -2.39. The van der Waals surface area contributed by atoms with Crippen LogP contribution in [-0.2, 0) is 14.4 Å². The van der Waals surface area contributed by atoms with Crippen LogP contribution in [0.2, 0.25) is 0 Å². The molecule has 2 rings (SSSR count). The Kier molecular flexibility index (Phi) is 8.04. The van der Waals surface area contributed by atoms with Gasteiger partial charge in [0.25, 0.3) is 5.91 Å². The number of carboxylic acids is 1. The van der Waals surface area contributed by atoms with Crippen molar-refractivity contribution in [3.63, 3.8) is 0 Å². The minimum atomic E-state index is -1.23. The lowest BCUT2D eigenvalue weighted by atomic mass is 10.00. The third-order valence-corrected chi connectivity index (χ3v) is 5.62. The van der Waals surface area contributed by atoms with Crippen molar-refractivity contribution >= 4 is 30.1 Å². The van der Waals surface area contributed by atoms with Gasteiger partial charge in [0.05, 0.1) is 19.5 Å². The first-order chi connectivity index (χ1) is 14.6. The number of nitrogens with zero attached hydrogens (tertiary/aromatic N) is 1. The number of benzene rings is 1. The number of carbonyl (C=O) groups excluding carboxylic acids is 4. The van der Waals surface area contributed by atoms with Gasteiger partial charge < -0.3 is 15.2 Å². The van der Waals surface area contributed by atoms with Crippen molar-refractivity contribution in [2.75, 3.05) is 13.1 Å². The maximum absolute atomic E-state index is 13.6. The molecular formula is C22H30N3O6+. The number of hydrogen-bond donors (Lipinski definition) is 3. The fourth-order valence-corrected chi connectivity index (χ4v) is 3.83. The Bertz CT molecular complexity index is 861. The molecule has 1 aromatic rings. The van der Waals surface area contributed by atoms with E-state index in [-0.39, 0.29) is 19.0 Å². The minimum Gasteiger partial charge on any atom is -0.481 e. The van der Waals surface area contributed by atoms with E-state index in [1.807, 2.05) is 6.07 Å². The summed E-state index contributed by atoms with van der Waals surface area (Å²) in [7, 11) is 0. The second-order valence-corrected chi connectivity index (χ2v) is 8.26. The number of imide groups is 1. The minimum absolute atomic E-state index is 0.229. The van der Waals surface area contributed by atoms with Crippen molar-refractivity contribution in [2.24, 2.45) is 5.92 Å². The zero-order valence-corrected chi connectivity index (χ0v) is 18.1. The van der Waals surface area contributed by atoms with E-state index in [4.69, 9.17) is 5.11 Å². The van der Waals surface area contributed by atoms with Gasteiger partial charge in [-0.1, -0.05) is 32.0 Å². The molecule has 9 heteroatoms. The number of carbonyl (C=O) groups is 5. The lowest BCUT2D eigenvalue weighted by molar-refractivity contribution is -0.761. The molecule has 0 aromatic heterocycles. The average Bonchev–Trinajstić information content (AvgIpc) is 3.21. The van der Waals surface area contributed by atoms with Gasteiger partial charge >= 0.3 is 17.9 Å². The van der Waals surface area contributed by atoms with E-state index in [2.05, 4.69) is 10.6 Å². The monoisotopic (exact) mass is 432 g/mol. The van der Waals surface area contributed by atoms with Crippen LogP contribution in [0.25, 0.3) is 0 Å². The number of urea groups is 1. The second kappa shape index (κ2) is 10.3. The molecule has 0 bridgehead atoms. The van der Waals surface area contributed by atoms with Crippen molar-refractivity contribution in [1.29, 1.82) is 0 Å². The number of likely N-dealkylation sites (tertiary alicyclic amines) is 1. The number of hydrogen-bond acceptors (Lipinski definition) is 5. The molecule has 9 nitrogen and oxygen atoms in total. The van der Waals surface area contributed by atoms with Crippen LogP contribution >= 0.6 is 0 Å². The van der Waals surface area contributed by atoms with Crippen LogP contribution < -0.4 is 10.6 Å². The molecule has 1 aromatic carbocycles. The summed E-state index contributed by atoms with van der Waals surface area (Å²) in [6.45, 7) is 5.82. The summed E-state index contributed by atoms with van der Waals surface area (Å²) in [4.78, 5) is 61.6. The third kappa shape index (κ3) is 5.55. The number of aryl methyl sites for hydroxylation is 1. The van der Waals surface area contributed by atoms with Crippen LogP contribution in [0.15, 0.2) is 24.3 Å². The molecule has 1 saturated heterocycles. The van der Waals surface area contributed by atoms with Gasteiger partial charge in [0.1, 0.15) is 18.4 Å². The highest BCUT2D eigenvalue weighted by atomic mass is 16.4. The summed E-state index contributed by atoms with van der Waals surface area (Å²) in [6, 6.07) is 4.14. The number of aliphatic carboxylic acids is 1. The molecular weight excluding hydrogens is 402 g/mol. The third-order valence-electron chi connectivity index (χ3n) is 5.62. The van der Waals surface area contributed by atoms with Crippen molar-refractivity contribution in [3.8, 4) is 0 Å². The Morgan fingerprint density at radius 3 is 2.23 bits per heavy atom. The van der Waals surface area contributed by atoms with Crippen molar-refractivity contribution in [3.05, 3.63) is 35.4 Å². The standard InChI is InChI=1S/C22H29N3O6/c1-14(2)19(24-20(29)17-9-5-4-8-15(17)3)21(30)25(10-6-7-11-25)22(31)23-16(13-26)12-18(27)28/h4-5,8-9,13-14,16,19H,6-7,10-12H2,1-3H3,(H2-,23,24,27,28,29,31)/p+1/t16-,19-/m0/s1. The highest BCUT2D eigenvalue weighted by molar-refractivity contribution is 5.99. The van der Waals surface area contributed by atoms with Crippen molar-refractivity contribution < 1.29 is 33.6 Å². The molecule has 168 valence electrons. The maximum atomic E-state index is 13.6. The van der Waals surface area contributed by atoms with E-state index in [0.29, 0.717) is 24.7 Å². The molecule has 1 heterocycles. The molecule has 0 radical (unpaired) electrons. The maximum Gasteiger partial charge on any atom is 0.424 e. The summed E-state index contributed by atoms with van der Waals surface area (Å²) in [5, 5.41) is 14.1. The Morgan fingerprint density at radius 2 is 1.71 bits per heavy atom. The highest BCUT2D eigenvalue weighted by Gasteiger charge is 2.51. The van der Waals surface area contributed by atoms with E-state index in [0.717, 1.165) is 5.56 Å². The summed E-state index contributed by atoms with van der Waals surface area (Å²) in [5.41, 5.74) is 1.21. The molecule has 1 fully saturated rings. The molecule has 2 atom stereocenters. The fourth-order valence-electron chi connectivity index (χ4n) is 3.83. The normalized spacial score (nSPS) is 16.9. The van der Waals surface area contributed by atoms with Crippen molar-refractivity contribution in [2.45, 2.75) is 52.1 Å². The predicted octanol–water partition coefficient (Wildman–Crippen LogP) is 1.64. The predicted molar refractivity (Wildman–Crippen MR) is 112 cm³/mol. The van der Waals surface area contributed by atoms with Crippen LogP contribution in [0.5, 0.6) is 0 Å². The first-order valence-electron chi connectivity index (χ1n) is 10.4. The van der Waals surface area contributed by atoms with E-state index in [1.165, 1.54) is 0 Å². The quantitative estimate of drug-likeness (QED) is 0.423.